The average Bonchev–Trinajstić information content (AvgIpc) is 3.82. The Morgan fingerprint density at radius 1 is 0.347 bits per heavy atom. The molecule has 0 aliphatic rings. The van der Waals surface area contributed by atoms with E-state index in [0.29, 0.717) is 0 Å². The monoisotopic (exact) mass is 624 g/mol. The first kappa shape index (κ1) is 26.5. The van der Waals surface area contributed by atoms with Gasteiger partial charge in [-0.1, -0.05) is 109 Å². The van der Waals surface area contributed by atoms with E-state index in [2.05, 4.69) is 167 Å². The zero-order valence-corrected chi connectivity index (χ0v) is 26.5. The summed E-state index contributed by atoms with van der Waals surface area (Å²) in [5, 5.41) is 9.71. The summed E-state index contributed by atoms with van der Waals surface area (Å²) >= 11 is 0. The standard InChI is InChI=1S/C46H28N2O/c1-2-11-30-26-33(23-20-29(30)10-1)47-40-16-6-3-12-34(40)38-27-31(21-24-42(38)47)32-22-25-43-39(28-32)35-13-4-7-17-41(35)48(43)44-18-9-15-37-36-14-5-8-19-45(36)49-46(37)44/h1-28H. The average molecular weight is 625 g/mol. The second-order valence-corrected chi connectivity index (χ2v) is 13.0. The Hall–Kier alpha value is -6.58. The lowest BCUT2D eigenvalue weighted by molar-refractivity contribution is 0.666. The van der Waals surface area contributed by atoms with Gasteiger partial charge in [0.05, 0.1) is 27.8 Å². The minimum atomic E-state index is 0.906. The molecule has 0 atom stereocenters. The van der Waals surface area contributed by atoms with Crippen molar-refractivity contribution in [1.82, 2.24) is 9.13 Å². The predicted molar refractivity (Wildman–Crippen MR) is 205 cm³/mol. The highest BCUT2D eigenvalue weighted by molar-refractivity contribution is 6.14. The largest absolute Gasteiger partial charge is 0.454 e. The Kier molecular flexibility index (Phi) is 5.38. The normalized spacial score (nSPS) is 12.1. The van der Waals surface area contributed by atoms with Crippen molar-refractivity contribution < 1.29 is 4.42 Å². The van der Waals surface area contributed by atoms with E-state index in [1.54, 1.807) is 0 Å². The molecule has 0 saturated heterocycles. The first-order valence-electron chi connectivity index (χ1n) is 16.8. The van der Waals surface area contributed by atoms with Gasteiger partial charge in [0.2, 0.25) is 0 Å². The SMILES string of the molecule is c1ccc2cc(-n3c4ccccc4c4cc(-c5ccc6c(c5)c5ccccc5n6-c5cccc6c5oc5ccccc56)ccc43)ccc2c1. The topological polar surface area (TPSA) is 23.0 Å². The van der Waals surface area contributed by atoms with Crippen LogP contribution in [0.1, 0.15) is 0 Å². The van der Waals surface area contributed by atoms with Gasteiger partial charge in [0.15, 0.2) is 5.58 Å². The van der Waals surface area contributed by atoms with Crippen LogP contribution in [0.4, 0.5) is 0 Å². The Morgan fingerprint density at radius 2 is 0.918 bits per heavy atom. The highest BCUT2D eigenvalue weighted by Crippen LogP contribution is 2.40. The molecule has 3 heteroatoms. The molecule has 3 heterocycles. The maximum Gasteiger partial charge on any atom is 0.159 e. The van der Waals surface area contributed by atoms with Crippen molar-refractivity contribution in [3.8, 4) is 22.5 Å². The van der Waals surface area contributed by atoms with Crippen LogP contribution < -0.4 is 0 Å². The first-order chi connectivity index (χ1) is 24.3. The smallest absolute Gasteiger partial charge is 0.159 e. The Bertz CT molecular complexity index is 3120. The fourth-order valence-electron chi connectivity index (χ4n) is 8.07. The molecule has 228 valence electrons. The molecule has 0 aliphatic carbocycles. The number of rotatable bonds is 3. The molecule has 11 rings (SSSR count). The molecule has 0 radical (unpaired) electrons. The number of hydrogen-bond acceptors (Lipinski definition) is 1. The van der Waals surface area contributed by atoms with Crippen LogP contribution in [0.5, 0.6) is 0 Å². The fourth-order valence-corrected chi connectivity index (χ4v) is 8.07. The number of para-hydroxylation sites is 4. The van der Waals surface area contributed by atoms with Gasteiger partial charge in [0, 0.05) is 38.0 Å². The summed E-state index contributed by atoms with van der Waals surface area (Å²) in [4.78, 5) is 0. The third-order valence-corrected chi connectivity index (χ3v) is 10.3. The molecular formula is C46H28N2O. The third kappa shape index (κ3) is 3.78. The molecule has 0 aliphatic heterocycles. The number of nitrogens with zero attached hydrogens (tertiary/aromatic N) is 2. The van der Waals surface area contributed by atoms with Crippen LogP contribution in [0.2, 0.25) is 0 Å². The van der Waals surface area contributed by atoms with Crippen molar-refractivity contribution in [2.75, 3.05) is 0 Å². The molecule has 8 aromatic carbocycles. The quantitative estimate of drug-likeness (QED) is 0.192. The van der Waals surface area contributed by atoms with Gasteiger partial charge < -0.3 is 13.6 Å². The molecule has 0 amide bonds. The van der Waals surface area contributed by atoms with Crippen LogP contribution in [-0.2, 0) is 0 Å². The molecule has 49 heavy (non-hydrogen) atoms. The van der Waals surface area contributed by atoms with Gasteiger partial charge in [-0.25, -0.2) is 0 Å². The van der Waals surface area contributed by atoms with Gasteiger partial charge in [-0.05, 0) is 82.6 Å². The number of fused-ring (bicyclic) bond motifs is 10. The van der Waals surface area contributed by atoms with Crippen LogP contribution in [0, 0.1) is 0 Å². The van der Waals surface area contributed by atoms with E-state index in [-0.39, 0.29) is 0 Å². The molecule has 0 spiro atoms. The minimum absolute atomic E-state index is 0.906. The highest BCUT2D eigenvalue weighted by Gasteiger charge is 2.19. The van der Waals surface area contributed by atoms with Gasteiger partial charge in [0.1, 0.15) is 5.58 Å². The van der Waals surface area contributed by atoms with Gasteiger partial charge in [0.25, 0.3) is 0 Å². The molecule has 0 fully saturated rings. The Morgan fingerprint density at radius 3 is 1.67 bits per heavy atom. The van der Waals surface area contributed by atoms with E-state index in [0.717, 1.165) is 38.7 Å². The van der Waals surface area contributed by atoms with E-state index in [1.807, 2.05) is 12.1 Å². The number of aromatic nitrogens is 2. The molecule has 0 saturated carbocycles. The van der Waals surface area contributed by atoms with Gasteiger partial charge >= 0.3 is 0 Å². The predicted octanol–water partition coefficient (Wildman–Crippen LogP) is 12.6. The second kappa shape index (κ2) is 9.96. The van der Waals surface area contributed by atoms with E-state index in [9.17, 15) is 0 Å². The molecule has 3 aromatic heterocycles. The summed E-state index contributed by atoms with van der Waals surface area (Å²) < 4.78 is 11.3. The molecule has 0 N–H and O–H groups in total. The zero-order valence-electron chi connectivity index (χ0n) is 26.5. The lowest BCUT2D eigenvalue weighted by Crippen LogP contribution is -1.94. The van der Waals surface area contributed by atoms with Crippen molar-refractivity contribution in [2.24, 2.45) is 0 Å². The van der Waals surface area contributed by atoms with Crippen molar-refractivity contribution in [1.29, 1.82) is 0 Å². The third-order valence-electron chi connectivity index (χ3n) is 10.3. The zero-order chi connectivity index (χ0) is 32.1. The lowest BCUT2D eigenvalue weighted by Gasteiger charge is -2.10. The van der Waals surface area contributed by atoms with Gasteiger partial charge in [-0.3, -0.25) is 0 Å². The number of benzene rings is 8. The Labute approximate surface area is 281 Å². The van der Waals surface area contributed by atoms with E-state index in [4.69, 9.17) is 4.42 Å². The Balaban J connectivity index is 1.11. The highest BCUT2D eigenvalue weighted by atomic mass is 16.3. The van der Waals surface area contributed by atoms with Crippen LogP contribution in [-0.4, -0.2) is 9.13 Å². The minimum Gasteiger partial charge on any atom is -0.454 e. The molecule has 0 unspecified atom stereocenters. The number of hydrogen-bond donors (Lipinski definition) is 0. The first-order valence-corrected chi connectivity index (χ1v) is 16.8. The summed E-state index contributed by atoms with van der Waals surface area (Å²) in [6, 6.07) is 61.3. The van der Waals surface area contributed by atoms with Crippen molar-refractivity contribution in [2.45, 2.75) is 0 Å². The maximum absolute atomic E-state index is 6.51. The summed E-state index contributed by atoms with van der Waals surface area (Å²) in [5.74, 6) is 0. The van der Waals surface area contributed by atoms with Gasteiger partial charge in [-0.2, -0.15) is 0 Å². The summed E-state index contributed by atoms with van der Waals surface area (Å²) in [7, 11) is 0. The fraction of sp³-hybridized carbons (Fsp3) is 0. The molecule has 3 nitrogen and oxygen atoms in total. The lowest BCUT2D eigenvalue weighted by atomic mass is 10.0. The van der Waals surface area contributed by atoms with E-state index >= 15 is 0 Å². The van der Waals surface area contributed by atoms with Crippen LogP contribution >= 0.6 is 0 Å². The summed E-state index contributed by atoms with van der Waals surface area (Å²) in [6.45, 7) is 0. The van der Waals surface area contributed by atoms with E-state index < -0.39 is 0 Å². The van der Waals surface area contributed by atoms with Crippen molar-refractivity contribution in [3.63, 3.8) is 0 Å². The van der Waals surface area contributed by atoms with Crippen LogP contribution in [0.3, 0.4) is 0 Å². The van der Waals surface area contributed by atoms with Crippen LogP contribution in [0.15, 0.2) is 174 Å². The van der Waals surface area contributed by atoms with Crippen molar-refractivity contribution >= 4 is 76.3 Å². The van der Waals surface area contributed by atoms with E-state index in [1.165, 1.54) is 60.2 Å². The summed E-state index contributed by atoms with van der Waals surface area (Å²) in [5.41, 5.74) is 11.2. The van der Waals surface area contributed by atoms with Crippen molar-refractivity contribution in [3.05, 3.63) is 170 Å². The molecule has 0 bridgehead atoms. The number of furan rings is 1. The summed E-state index contributed by atoms with van der Waals surface area (Å²) in [6.07, 6.45) is 0. The van der Waals surface area contributed by atoms with Gasteiger partial charge in [-0.15, -0.1) is 0 Å². The second-order valence-electron chi connectivity index (χ2n) is 13.0. The maximum atomic E-state index is 6.51. The molecular weight excluding hydrogens is 597 g/mol. The molecule has 11 aromatic rings. The van der Waals surface area contributed by atoms with Crippen LogP contribution in [0.25, 0.3) is 98.8 Å².